The van der Waals surface area contributed by atoms with E-state index in [1.807, 2.05) is 6.07 Å². The lowest BCUT2D eigenvalue weighted by atomic mass is 10.0. The van der Waals surface area contributed by atoms with E-state index in [1.54, 1.807) is 12.1 Å². The van der Waals surface area contributed by atoms with E-state index in [0.29, 0.717) is 11.4 Å². The summed E-state index contributed by atoms with van der Waals surface area (Å²) in [7, 11) is 0. The largest absolute Gasteiger partial charge is 0.478 e. The first-order valence-electron chi connectivity index (χ1n) is 5.29. The summed E-state index contributed by atoms with van der Waals surface area (Å²) in [6.45, 7) is 4.24. The van der Waals surface area contributed by atoms with Crippen molar-refractivity contribution in [2.24, 2.45) is 5.92 Å². The second-order valence-corrected chi connectivity index (χ2v) is 4.31. The molecule has 0 bridgehead atoms. The van der Waals surface area contributed by atoms with Gasteiger partial charge in [0.1, 0.15) is 5.52 Å². The van der Waals surface area contributed by atoms with Crippen LogP contribution in [0.1, 0.15) is 29.9 Å². The van der Waals surface area contributed by atoms with Crippen molar-refractivity contribution in [1.82, 2.24) is 10.2 Å². The molecule has 2 N–H and O–H groups in total. The zero-order chi connectivity index (χ0) is 11.7. The van der Waals surface area contributed by atoms with Crippen LogP contribution in [0.25, 0.3) is 10.9 Å². The number of carboxylic acid groups (broad SMARTS) is 1. The highest BCUT2D eigenvalue weighted by Crippen LogP contribution is 2.21. The fourth-order valence-electron chi connectivity index (χ4n) is 1.83. The van der Waals surface area contributed by atoms with E-state index in [0.717, 1.165) is 17.5 Å². The Balaban J connectivity index is 2.57. The van der Waals surface area contributed by atoms with Gasteiger partial charge >= 0.3 is 5.97 Å². The third-order valence-electron chi connectivity index (χ3n) is 2.51. The van der Waals surface area contributed by atoms with Crippen molar-refractivity contribution in [3.63, 3.8) is 0 Å². The summed E-state index contributed by atoms with van der Waals surface area (Å²) in [5, 5.41) is 16.9. The van der Waals surface area contributed by atoms with Gasteiger partial charge in [-0.15, -0.1) is 0 Å². The Morgan fingerprint density at radius 2 is 2.25 bits per heavy atom. The molecule has 0 aliphatic rings. The van der Waals surface area contributed by atoms with Crippen LogP contribution < -0.4 is 0 Å². The average Bonchev–Trinajstić information content (AvgIpc) is 2.60. The average molecular weight is 218 g/mol. The van der Waals surface area contributed by atoms with Gasteiger partial charge in [0.25, 0.3) is 0 Å². The first kappa shape index (κ1) is 10.7. The molecule has 1 aromatic heterocycles. The van der Waals surface area contributed by atoms with Crippen molar-refractivity contribution in [2.75, 3.05) is 0 Å². The van der Waals surface area contributed by atoms with Gasteiger partial charge in [-0.25, -0.2) is 4.79 Å². The van der Waals surface area contributed by atoms with Crippen LogP contribution >= 0.6 is 0 Å². The van der Waals surface area contributed by atoms with Crippen LogP contribution in [0.15, 0.2) is 18.2 Å². The highest BCUT2D eigenvalue weighted by molar-refractivity contribution is 6.02. The molecule has 0 amide bonds. The first-order chi connectivity index (χ1) is 7.59. The van der Waals surface area contributed by atoms with E-state index in [2.05, 4.69) is 24.0 Å². The van der Waals surface area contributed by atoms with Crippen LogP contribution in [0.5, 0.6) is 0 Å². The van der Waals surface area contributed by atoms with Gasteiger partial charge in [0.2, 0.25) is 0 Å². The number of rotatable bonds is 3. The molecule has 4 nitrogen and oxygen atoms in total. The van der Waals surface area contributed by atoms with Gasteiger partial charge < -0.3 is 5.11 Å². The molecule has 0 aliphatic carbocycles. The minimum atomic E-state index is -0.937. The molecule has 0 spiro atoms. The van der Waals surface area contributed by atoms with Crippen molar-refractivity contribution in [2.45, 2.75) is 20.3 Å². The highest BCUT2D eigenvalue weighted by Gasteiger charge is 2.13. The lowest BCUT2D eigenvalue weighted by Gasteiger charge is -2.02. The standard InChI is InChI=1S/C12H14N2O2/c1-7(2)6-10-8-4-3-5-9(12(15)16)11(8)14-13-10/h3-5,7H,6H2,1-2H3,(H,13,14)(H,15,16). The summed E-state index contributed by atoms with van der Waals surface area (Å²) in [5.41, 5.74) is 1.81. The van der Waals surface area contributed by atoms with Crippen LogP contribution in [-0.4, -0.2) is 21.3 Å². The molecule has 0 fully saturated rings. The zero-order valence-corrected chi connectivity index (χ0v) is 9.32. The lowest BCUT2D eigenvalue weighted by Crippen LogP contribution is -1.97. The maximum absolute atomic E-state index is 11.0. The van der Waals surface area contributed by atoms with Gasteiger partial charge in [-0.2, -0.15) is 5.10 Å². The minimum Gasteiger partial charge on any atom is -0.478 e. The van der Waals surface area contributed by atoms with E-state index >= 15 is 0 Å². The predicted molar refractivity (Wildman–Crippen MR) is 61.6 cm³/mol. The molecule has 2 rings (SSSR count). The number of aromatic amines is 1. The quantitative estimate of drug-likeness (QED) is 0.831. The summed E-state index contributed by atoms with van der Waals surface area (Å²) in [4.78, 5) is 11.0. The number of aromatic carboxylic acids is 1. The van der Waals surface area contributed by atoms with Crippen molar-refractivity contribution < 1.29 is 9.90 Å². The number of aromatic nitrogens is 2. The van der Waals surface area contributed by atoms with Gasteiger partial charge in [-0.3, -0.25) is 5.10 Å². The van der Waals surface area contributed by atoms with Crippen molar-refractivity contribution in [3.8, 4) is 0 Å². The van der Waals surface area contributed by atoms with Crippen molar-refractivity contribution in [1.29, 1.82) is 0 Å². The molecule has 0 saturated carbocycles. The van der Waals surface area contributed by atoms with Crippen LogP contribution in [-0.2, 0) is 6.42 Å². The first-order valence-corrected chi connectivity index (χ1v) is 5.29. The minimum absolute atomic E-state index is 0.253. The van der Waals surface area contributed by atoms with E-state index in [-0.39, 0.29) is 5.56 Å². The van der Waals surface area contributed by atoms with Gasteiger partial charge in [0, 0.05) is 11.1 Å². The number of carboxylic acids is 1. The third-order valence-corrected chi connectivity index (χ3v) is 2.51. The van der Waals surface area contributed by atoms with E-state index < -0.39 is 5.97 Å². The predicted octanol–water partition coefficient (Wildman–Crippen LogP) is 2.46. The number of H-pyrrole nitrogens is 1. The number of carbonyl (C=O) groups is 1. The number of fused-ring (bicyclic) bond motifs is 1. The number of benzene rings is 1. The smallest absolute Gasteiger partial charge is 0.337 e. The molecule has 4 heteroatoms. The summed E-state index contributed by atoms with van der Waals surface area (Å²) in [5.74, 6) is -0.426. The van der Waals surface area contributed by atoms with Gasteiger partial charge in [-0.05, 0) is 18.4 Å². The molecule has 16 heavy (non-hydrogen) atoms. The Morgan fingerprint density at radius 1 is 1.50 bits per heavy atom. The molecule has 84 valence electrons. The summed E-state index contributed by atoms with van der Waals surface area (Å²) >= 11 is 0. The summed E-state index contributed by atoms with van der Waals surface area (Å²) in [6, 6.07) is 5.23. The van der Waals surface area contributed by atoms with Crippen LogP contribution in [0, 0.1) is 5.92 Å². The fraction of sp³-hybridized carbons (Fsp3) is 0.333. The monoisotopic (exact) mass is 218 g/mol. The van der Waals surface area contributed by atoms with Gasteiger partial charge in [-0.1, -0.05) is 26.0 Å². The number of nitrogens with zero attached hydrogens (tertiary/aromatic N) is 1. The van der Waals surface area contributed by atoms with Crippen molar-refractivity contribution in [3.05, 3.63) is 29.5 Å². The summed E-state index contributed by atoms with van der Waals surface area (Å²) in [6.07, 6.45) is 0.875. The maximum Gasteiger partial charge on any atom is 0.337 e. The topological polar surface area (TPSA) is 66.0 Å². The van der Waals surface area contributed by atoms with Crippen LogP contribution in [0.3, 0.4) is 0 Å². The molecule has 0 saturated heterocycles. The number of nitrogens with one attached hydrogen (secondary N) is 1. The van der Waals surface area contributed by atoms with E-state index in [1.165, 1.54) is 0 Å². The van der Waals surface area contributed by atoms with Crippen LogP contribution in [0.2, 0.25) is 0 Å². The van der Waals surface area contributed by atoms with Gasteiger partial charge in [0.15, 0.2) is 0 Å². The molecule has 2 aromatic rings. The normalized spacial score (nSPS) is 11.2. The third kappa shape index (κ3) is 1.78. The maximum atomic E-state index is 11.0. The van der Waals surface area contributed by atoms with Gasteiger partial charge in [0.05, 0.1) is 5.56 Å². The molecular weight excluding hydrogens is 204 g/mol. The Kier molecular flexibility index (Phi) is 2.64. The molecule has 0 atom stereocenters. The van der Waals surface area contributed by atoms with E-state index in [9.17, 15) is 4.79 Å². The van der Waals surface area contributed by atoms with E-state index in [4.69, 9.17) is 5.11 Å². The second-order valence-electron chi connectivity index (χ2n) is 4.31. The Hall–Kier alpha value is -1.84. The molecule has 0 unspecified atom stereocenters. The molecule has 0 aliphatic heterocycles. The zero-order valence-electron chi connectivity index (χ0n) is 9.32. The molecular formula is C12H14N2O2. The molecule has 0 radical (unpaired) electrons. The number of para-hydroxylation sites is 1. The molecule has 1 heterocycles. The highest BCUT2D eigenvalue weighted by atomic mass is 16.4. The summed E-state index contributed by atoms with van der Waals surface area (Å²) < 4.78 is 0. The number of hydrogen-bond donors (Lipinski definition) is 2. The number of hydrogen-bond acceptors (Lipinski definition) is 2. The van der Waals surface area contributed by atoms with Crippen molar-refractivity contribution >= 4 is 16.9 Å². The lowest BCUT2D eigenvalue weighted by molar-refractivity contribution is 0.0699. The Labute approximate surface area is 93.3 Å². The fourth-order valence-corrected chi connectivity index (χ4v) is 1.83. The Bertz CT molecular complexity index is 529. The molecule has 1 aromatic carbocycles. The Morgan fingerprint density at radius 3 is 2.88 bits per heavy atom. The SMILES string of the molecule is CC(C)Cc1[nH]nc2c(C(=O)O)cccc12. The van der Waals surface area contributed by atoms with Crippen LogP contribution in [0.4, 0.5) is 0 Å². The second kappa shape index (κ2) is 3.96.